The van der Waals surface area contributed by atoms with Crippen LogP contribution in [0.25, 0.3) is 0 Å². The first-order chi connectivity index (χ1) is 9.16. The summed E-state index contributed by atoms with van der Waals surface area (Å²) in [5, 5.41) is 0. The SMILES string of the molecule is CN(C)C1CCCN(CCC(=O)c2ccccc2)C1. The van der Waals surface area contributed by atoms with Gasteiger partial charge in [-0.25, -0.2) is 0 Å². The lowest BCUT2D eigenvalue weighted by Crippen LogP contribution is -2.45. The monoisotopic (exact) mass is 260 g/mol. The van der Waals surface area contributed by atoms with Crippen LogP contribution in [0.2, 0.25) is 0 Å². The first kappa shape index (κ1) is 14.2. The summed E-state index contributed by atoms with van der Waals surface area (Å²) < 4.78 is 0. The summed E-state index contributed by atoms with van der Waals surface area (Å²) in [6.45, 7) is 3.11. The third kappa shape index (κ3) is 4.15. The summed E-state index contributed by atoms with van der Waals surface area (Å²) >= 11 is 0. The standard InChI is InChI=1S/C16H24N2O/c1-17(2)15-9-6-11-18(13-15)12-10-16(19)14-7-4-3-5-8-14/h3-5,7-8,15H,6,9-13H2,1-2H3. The molecule has 1 aromatic carbocycles. The maximum absolute atomic E-state index is 12.1. The topological polar surface area (TPSA) is 23.6 Å². The maximum atomic E-state index is 12.1. The van der Waals surface area contributed by atoms with Gasteiger partial charge in [-0.2, -0.15) is 0 Å². The van der Waals surface area contributed by atoms with Gasteiger partial charge in [0.1, 0.15) is 0 Å². The van der Waals surface area contributed by atoms with Gasteiger partial charge in [-0.3, -0.25) is 4.79 Å². The third-order valence-corrected chi connectivity index (χ3v) is 3.96. The molecule has 1 aliphatic heterocycles. The fourth-order valence-electron chi connectivity index (χ4n) is 2.68. The van der Waals surface area contributed by atoms with E-state index in [0.717, 1.165) is 25.2 Å². The normalized spacial score (nSPS) is 20.7. The third-order valence-electron chi connectivity index (χ3n) is 3.96. The van der Waals surface area contributed by atoms with E-state index in [2.05, 4.69) is 23.9 Å². The number of hydrogen-bond donors (Lipinski definition) is 0. The lowest BCUT2D eigenvalue weighted by atomic mass is 10.0. The van der Waals surface area contributed by atoms with Gasteiger partial charge in [-0.15, -0.1) is 0 Å². The average Bonchev–Trinajstić information content (AvgIpc) is 2.46. The molecule has 3 heteroatoms. The van der Waals surface area contributed by atoms with Crippen molar-refractivity contribution in [3.05, 3.63) is 35.9 Å². The van der Waals surface area contributed by atoms with E-state index < -0.39 is 0 Å². The molecule has 1 fully saturated rings. The molecule has 0 radical (unpaired) electrons. The van der Waals surface area contributed by atoms with Crippen LogP contribution in [-0.2, 0) is 0 Å². The quantitative estimate of drug-likeness (QED) is 0.759. The number of carbonyl (C=O) groups is 1. The molecule has 19 heavy (non-hydrogen) atoms. The lowest BCUT2D eigenvalue weighted by molar-refractivity contribution is 0.0928. The van der Waals surface area contributed by atoms with Crippen LogP contribution in [0, 0.1) is 0 Å². The molecule has 0 aromatic heterocycles. The van der Waals surface area contributed by atoms with Crippen LogP contribution in [0.5, 0.6) is 0 Å². The van der Waals surface area contributed by atoms with Gasteiger partial charge in [0.15, 0.2) is 5.78 Å². The van der Waals surface area contributed by atoms with Crippen molar-refractivity contribution in [2.45, 2.75) is 25.3 Å². The molecule has 0 spiro atoms. The summed E-state index contributed by atoms with van der Waals surface area (Å²) in [4.78, 5) is 16.8. The molecule has 1 atom stereocenters. The second kappa shape index (κ2) is 6.83. The molecule has 1 aliphatic rings. The summed E-state index contributed by atoms with van der Waals surface area (Å²) in [5.41, 5.74) is 0.837. The minimum Gasteiger partial charge on any atom is -0.305 e. The van der Waals surface area contributed by atoms with Crippen molar-refractivity contribution in [3.8, 4) is 0 Å². The van der Waals surface area contributed by atoms with Gasteiger partial charge in [0.2, 0.25) is 0 Å². The fourth-order valence-corrected chi connectivity index (χ4v) is 2.68. The van der Waals surface area contributed by atoms with Crippen LogP contribution in [-0.4, -0.2) is 55.4 Å². The van der Waals surface area contributed by atoms with Crippen molar-refractivity contribution >= 4 is 5.78 Å². The molecule has 0 saturated carbocycles. The van der Waals surface area contributed by atoms with E-state index in [9.17, 15) is 4.79 Å². The van der Waals surface area contributed by atoms with Gasteiger partial charge in [-0.05, 0) is 33.5 Å². The molecule has 0 amide bonds. The Balaban J connectivity index is 1.80. The van der Waals surface area contributed by atoms with Gasteiger partial charge in [0.25, 0.3) is 0 Å². The zero-order chi connectivity index (χ0) is 13.7. The summed E-state index contributed by atoms with van der Waals surface area (Å²) in [5.74, 6) is 0.257. The lowest BCUT2D eigenvalue weighted by Gasteiger charge is -2.36. The molecular weight excluding hydrogens is 236 g/mol. The van der Waals surface area contributed by atoms with Crippen LogP contribution in [0.1, 0.15) is 29.6 Å². The van der Waals surface area contributed by atoms with Crippen molar-refractivity contribution in [3.63, 3.8) is 0 Å². The number of hydrogen-bond acceptors (Lipinski definition) is 3. The van der Waals surface area contributed by atoms with Crippen LogP contribution in [0.15, 0.2) is 30.3 Å². The van der Waals surface area contributed by atoms with E-state index in [4.69, 9.17) is 0 Å². The maximum Gasteiger partial charge on any atom is 0.164 e. The van der Waals surface area contributed by atoms with Crippen LogP contribution < -0.4 is 0 Å². The van der Waals surface area contributed by atoms with Gasteiger partial charge >= 0.3 is 0 Å². The van der Waals surface area contributed by atoms with E-state index in [1.807, 2.05) is 30.3 Å². The molecular formula is C16H24N2O. The highest BCUT2D eigenvalue weighted by atomic mass is 16.1. The number of carbonyl (C=O) groups excluding carboxylic acids is 1. The number of nitrogens with zero attached hydrogens (tertiary/aromatic N) is 2. The number of benzene rings is 1. The smallest absolute Gasteiger partial charge is 0.164 e. The van der Waals surface area contributed by atoms with Crippen LogP contribution >= 0.6 is 0 Å². The molecule has 104 valence electrons. The number of rotatable bonds is 5. The summed E-state index contributed by atoms with van der Waals surface area (Å²) in [6, 6.07) is 10.2. The molecule has 1 saturated heterocycles. The van der Waals surface area contributed by atoms with Gasteiger partial charge in [-0.1, -0.05) is 30.3 Å². The van der Waals surface area contributed by atoms with Gasteiger partial charge < -0.3 is 9.80 Å². The Morgan fingerprint density at radius 2 is 2.05 bits per heavy atom. The predicted molar refractivity (Wildman–Crippen MR) is 78.5 cm³/mol. The summed E-state index contributed by atoms with van der Waals surface area (Å²) in [6.07, 6.45) is 3.14. The Morgan fingerprint density at radius 1 is 1.32 bits per heavy atom. The highest BCUT2D eigenvalue weighted by Gasteiger charge is 2.21. The Labute approximate surface area is 116 Å². The van der Waals surface area contributed by atoms with Crippen LogP contribution in [0.4, 0.5) is 0 Å². The van der Waals surface area contributed by atoms with Crippen molar-refractivity contribution in [2.75, 3.05) is 33.7 Å². The number of piperidine rings is 1. The van der Waals surface area contributed by atoms with Crippen molar-refractivity contribution in [1.82, 2.24) is 9.80 Å². The van der Waals surface area contributed by atoms with E-state index in [1.165, 1.54) is 12.8 Å². The molecule has 3 nitrogen and oxygen atoms in total. The molecule has 2 rings (SSSR count). The van der Waals surface area contributed by atoms with Crippen LogP contribution in [0.3, 0.4) is 0 Å². The number of Topliss-reactive ketones (excluding diaryl/α,β-unsaturated/α-hetero) is 1. The first-order valence-electron chi connectivity index (χ1n) is 7.14. The second-order valence-electron chi connectivity index (χ2n) is 5.60. The second-order valence-corrected chi connectivity index (χ2v) is 5.60. The highest BCUT2D eigenvalue weighted by molar-refractivity contribution is 5.96. The minimum absolute atomic E-state index is 0.257. The van der Waals surface area contributed by atoms with Crippen molar-refractivity contribution in [1.29, 1.82) is 0 Å². The Hall–Kier alpha value is -1.19. The van der Waals surface area contributed by atoms with E-state index in [-0.39, 0.29) is 5.78 Å². The molecule has 1 aromatic rings. The van der Waals surface area contributed by atoms with E-state index >= 15 is 0 Å². The predicted octanol–water partition coefficient (Wildman–Crippen LogP) is 2.29. The molecule has 0 bridgehead atoms. The van der Waals surface area contributed by atoms with Crippen molar-refractivity contribution in [2.24, 2.45) is 0 Å². The van der Waals surface area contributed by atoms with Gasteiger partial charge in [0.05, 0.1) is 0 Å². The van der Waals surface area contributed by atoms with Gasteiger partial charge in [0, 0.05) is 31.1 Å². The zero-order valence-corrected chi connectivity index (χ0v) is 12.0. The Morgan fingerprint density at radius 3 is 2.74 bits per heavy atom. The largest absolute Gasteiger partial charge is 0.305 e. The zero-order valence-electron chi connectivity index (χ0n) is 12.0. The Kier molecular flexibility index (Phi) is 5.11. The molecule has 1 heterocycles. The summed E-state index contributed by atoms with van der Waals surface area (Å²) in [7, 11) is 4.28. The minimum atomic E-state index is 0.257. The Bertz CT molecular complexity index is 402. The fraction of sp³-hybridized carbons (Fsp3) is 0.562. The number of likely N-dealkylation sites (N-methyl/N-ethyl adjacent to an activating group) is 1. The number of likely N-dealkylation sites (tertiary alicyclic amines) is 1. The van der Waals surface area contributed by atoms with E-state index in [1.54, 1.807) is 0 Å². The highest BCUT2D eigenvalue weighted by Crippen LogP contribution is 2.14. The molecule has 1 unspecified atom stereocenters. The van der Waals surface area contributed by atoms with Crippen molar-refractivity contribution < 1.29 is 4.79 Å². The first-order valence-corrected chi connectivity index (χ1v) is 7.14. The molecule has 0 N–H and O–H groups in total. The number of ketones is 1. The van der Waals surface area contributed by atoms with E-state index in [0.29, 0.717) is 12.5 Å². The molecule has 0 aliphatic carbocycles. The average molecular weight is 260 g/mol.